The number of hydrogen-bond acceptors (Lipinski definition) is 1. The third-order valence-electron chi connectivity index (χ3n) is 2.63. The van der Waals surface area contributed by atoms with Crippen molar-refractivity contribution in [3.8, 4) is 5.75 Å². The summed E-state index contributed by atoms with van der Waals surface area (Å²) in [4.78, 5) is 0. The zero-order valence-corrected chi connectivity index (χ0v) is 10.8. The van der Waals surface area contributed by atoms with Gasteiger partial charge in [0, 0.05) is 11.4 Å². The van der Waals surface area contributed by atoms with Gasteiger partial charge in [-0.2, -0.15) is 0 Å². The molecule has 0 unspecified atom stereocenters. The van der Waals surface area contributed by atoms with E-state index in [1.807, 2.05) is 48.5 Å². The Kier molecular flexibility index (Phi) is 4.43. The van der Waals surface area contributed by atoms with Crippen molar-refractivity contribution in [1.82, 2.24) is 0 Å². The van der Waals surface area contributed by atoms with Crippen LogP contribution in [-0.2, 0) is 0 Å². The van der Waals surface area contributed by atoms with Crippen molar-refractivity contribution < 1.29 is 4.74 Å². The minimum atomic E-state index is -0.0258. The van der Waals surface area contributed by atoms with Crippen LogP contribution in [0.1, 0.15) is 18.1 Å². The maximum Gasteiger partial charge on any atom is 0.127 e. The summed E-state index contributed by atoms with van der Waals surface area (Å²) in [6.07, 6.45) is 2.60. The number of benzene rings is 2. The topological polar surface area (TPSA) is 9.23 Å². The summed E-state index contributed by atoms with van der Waals surface area (Å²) in [5.74, 6) is 0.776. The van der Waals surface area contributed by atoms with E-state index in [2.05, 4.69) is 18.7 Å². The first-order valence-corrected chi connectivity index (χ1v) is 6.25. The molecule has 2 heteroatoms. The Morgan fingerprint density at radius 3 is 2.56 bits per heavy atom. The summed E-state index contributed by atoms with van der Waals surface area (Å²) >= 11 is 5.95. The number of rotatable bonds is 5. The molecule has 1 atom stereocenters. The summed E-state index contributed by atoms with van der Waals surface area (Å²) in [6, 6.07) is 17.6. The summed E-state index contributed by atoms with van der Waals surface area (Å²) in [5, 5.41) is 0.679. The van der Waals surface area contributed by atoms with Crippen LogP contribution >= 0.6 is 11.6 Å². The third-order valence-corrected chi connectivity index (χ3v) is 2.86. The van der Waals surface area contributed by atoms with Crippen molar-refractivity contribution in [3.63, 3.8) is 0 Å². The molecule has 0 N–H and O–H groups in total. The molecular formula is C16H15ClO. The molecule has 0 heterocycles. The Hall–Kier alpha value is -1.73. The summed E-state index contributed by atoms with van der Waals surface area (Å²) in [6.45, 7) is 3.78. The normalized spacial score (nSPS) is 11.8. The van der Waals surface area contributed by atoms with Gasteiger partial charge in [-0.15, -0.1) is 6.58 Å². The van der Waals surface area contributed by atoms with Gasteiger partial charge in [0.25, 0.3) is 0 Å². The van der Waals surface area contributed by atoms with Gasteiger partial charge < -0.3 is 4.74 Å². The second-order valence-corrected chi connectivity index (χ2v) is 4.44. The van der Waals surface area contributed by atoms with Crippen molar-refractivity contribution in [3.05, 3.63) is 77.8 Å². The molecule has 0 aliphatic rings. The highest BCUT2D eigenvalue weighted by Crippen LogP contribution is 2.26. The third kappa shape index (κ3) is 3.38. The molecule has 0 aromatic heterocycles. The Balaban J connectivity index is 2.19. The van der Waals surface area contributed by atoms with E-state index in [0.29, 0.717) is 5.02 Å². The fourth-order valence-electron chi connectivity index (χ4n) is 1.78. The van der Waals surface area contributed by atoms with Crippen molar-refractivity contribution in [2.45, 2.75) is 12.5 Å². The lowest BCUT2D eigenvalue weighted by atomic mass is 10.1. The molecule has 92 valence electrons. The van der Waals surface area contributed by atoms with E-state index in [-0.39, 0.29) is 6.10 Å². The quantitative estimate of drug-likeness (QED) is 0.683. The molecule has 0 saturated heterocycles. The average Bonchev–Trinajstić information content (AvgIpc) is 2.39. The molecule has 0 spiro atoms. The summed E-state index contributed by atoms with van der Waals surface area (Å²) in [7, 11) is 0. The van der Waals surface area contributed by atoms with Crippen LogP contribution in [0.3, 0.4) is 0 Å². The molecule has 0 aliphatic carbocycles. The van der Waals surface area contributed by atoms with Crippen LogP contribution in [0, 0.1) is 0 Å². The monoisotopic (exact) mass is 258 g/mol. The van der Waals surface area contributed by atoms with Gasteiger partial charge in [0.2, 0.25) is 0 Å². The van der Waals surface area contributed by atoms with Crippen LogP contribution in [0.2, 0.25) is 5.02 Å². The Morgan fingerprint density at radius 1 is 1.11 bits per heavy atom. The highest BCUT2D eigenvalue weighted by Gasteiger charge is 2.11. The van der Waals surface area contributed by atoms with Crippen LogP contribution in [0.25, 0.3) is 0 Å². The van der Waals surface area contributed by atoms with Gasteiger partial charge in [-0.05, 0) is 23.8 Å². The van der Waals surface area contributed by atoms with Crippen LogP contribution in [0.15, 0.2) is 67.3 Å². The molecule has 2 rings (SSSR count). The minimum absolute atomic E-state index is 0.0258. The molecule has 0 aliphatic heterocycles. The maximum absolute atomic E-state index is 5.97. The largest absolute Gasteiger partial charge is 0.485 e. The van der Waals surface area contributed by atoms with E-state index in [4.69, 9.17) is 16.3 Å². The van der Waals surface area contributed by atoms with Gasteiger partial charge in [-0.1, -0.05) is 54.1 Å². The van der Waals surface area contributed by atoms with Gasteiger partial charge in [0.15, 0.2) is 0 Å². The van der Waals surface area contributed by atoms with E-state index < -0.39 is 0 Å². The smallest absolute Gasteiger partial charge is 0.127 e. The number of ether oxygens (including phenoxy) is 1. The number of halogens is 1. The molecular weight excluding hydrogens is 244 g/mol. The highest BCUT2D eigenvalue weighted by molar-refractivity contribution is 6.30. The molecule has 0 amide bonds. The Labute approximate surface area is 113 Å². The molecule has 2 aromatic rings. The Morgan fingerprint density at radius 2 is 1.89 bits per heavy atom. The van der Waals surface area contributed by atoms with Crippen LogP contribution in [0.5, 0.6) is 5.75 Å². The van der Waals surface area contributed by atoms with Gasteiger partial charge in [-0.25, -0.2) is 0 Å². The second-order valence-electron chi connectivity index (χ2n) is 4.00. The zero-order chi connectivity index (χ0) is 12.8. The lowest BCUT2D eigenvalue weighted by Gasteiger charge is -2.18. The van der Waals surface area contributed by atoms with E-state index in [1.165, 1.54) is 0 Å². The first-order valence-electron chi connectivity index (χ1n) is 5.87. The van der Waals surface area contributed by atoms with E-state index in [1.54, 1.807) is 0 Å². The SMILES string of the molecule is C=CC[C@H](Oc1cccc(Cl)c1)c1ccccc1. The van der Waals surface area contributed by atoms with Crippen molar-refractivity contribution in [1.29, 1.82) is 0 Å². The Bertz CT molecular complexity index is 508. The molecule has 1 nitrogen and oxygen atoms in total. The van der Waals surface area contributed by atoms with E-state index in [9.17, 15) is 0 Å². The van der Waals surface area contributed by atoms with Crippen molar-refractivity contribution in [2.24, 2.45) is 0 Å². The van der Waals surface area contributed by atoms with Gasteiger partial charge >= 0.3 is 0 Å². The summed E-state index contributed by atoms with van der Waals surface area (Å²) in [5.41, 5.74) is 1.14. The van der Waals surface area contributed by atoms with Crippen LogP contribution in [-0.4, -0.2) is 0 Å². The first-order chi connectivity index (χ1) is 8.79. The molecule has 0 saturated carbocycles. The average molecular weight is 259 g/mol. The fraction of sp³-hybridized carbons (Fsp3) is 0.125. The van der Waals surface area contributed by atoms with Crippen LogP contribution in [0.4, 0.5) is 0 Å². The zero-order valence-electron chi connectivity index (χ0n) is 10.1. The van der Waals surface area contributed by atoms with Gasteiger partial charge in [0.05, 0.1) is 0 Å². The number of hydrogen-bond donors (Lipinski definition) is 0. The lowest BCUT2D eigenvalue weighted by molar-refractivity contribution is 0.209. The molecule has 2 aromatic carbocycles. The molecule has 18 heavy (non-hydrogen) atoms. The van der Waals surface area contributed by atoms with E-state index in [0.717, 1.165) is 17.7 Å². The van der Waals surface area contributed by atoms with Gasteiger partial charge in [-0.3, -0.25) is 0 Å². The maximum atomic E-state index is 5.97. The molecule has 0 bridgehead atoms. The van der Waals surface area contributed by atoms with Gasteiger partial charge in [0.1, 0.15) is 11.9 Å². The fourth-order valence-corrected chi connectivity index (χ4v) is 1.96. The van der Waals surface area contributed by atoms with E-state index >= 15 is 0 Å². The minimum Gasteiger partial charge on any atom is -0.485 e. The molecule has 0 fully saturated rings. The standard InChI is InChI=1S/C16H15ClO/c1-2-7-16(13-8-4-3-5-9-13)18-15-11-6-10-14(17)12-15/h2-6,8-12,16H,1,7H2/t16-/m0/s1. The second kappa shape index (κ2) is 6.27. The molecule has 0 radical (unpaired) electrons. The van der Waals surface area contributed by atoms with Crippen molar-refractivity contribution in [2.75, 3.05) is 0 Å². The highest BCUT2D eigenvalue weighted by atomic mass is 35.5. The van der Waals surface area contributed by atoms with Crippen LogP contribution < -0.4 is 4.74 Å². The lowest BCUT2D eigenvalue weighted by Crippen LogP contribution is -2.06. The predicted octanol–water partition coefficient (Wildman–Crippen LogP) is 5.04. The predicted molar refractivity (Wildman–Crippen MR) is 76.1 cm³/mol. The van der Waals surface area contributed by atoms with Crippen molar-refractivity contribution >= 4 is 11.6 Å². The first kappa shape index (κ1) is 12.7. The summed E-state index contributed by atoms with van der Waals surface area (Å²) < 4.78 is 5.97.